The van der Waals surface area contributed by atoms with Crippen molar-refractivity contribution < 1.29 is 19.4 Å². The molecule has 0 spiro atoms. The average molecular weight is 273 g/mol. The lowest BCUT2D eigenvalue weighted by Gasteiger charge is -2.13. The molecule has 100 valence electrons. The molecule has 0 saturated heterocycles. The minimum absolute atomic E-state index is 0.0511. The van der Waals surface area contributed by atoms with E-state index in [0.717, 1.165) is 11.5 Å². The van der Waals surface area contributed by atoms with Crippen LogP contribution in [0.3, 0.4) is 0 Å². The average Bonchev–Trinajstić information content (AvgIpc) is 2.84. The van der Waals surface area contributed by atoms with Gasteiger partial charge in [0.15, 0.2) is 6.04 Å². The fourth-order valence-corrected chi connectivity index (χ4v) is 2.00. The summed E-state index contributed by atoms with van der Waals surface area (Å²) in [4.78, 5) is 23.5. The zero-order valence-electron chi connectivity index (χ0n) is 10.3. The Kier molecular flexibility index (Phi) is 5.17. The van der Waals surface area contributed by atoms with Gasteiger partial charge in [0.25, 0.3) is 5.91 Å². The quantitative estimate of drug-likeness (QED) is 0.728. The predicted octanol–water partition coefficient (Wildman–Crippen LogP) is -0.0748. The maximum atomic E-state index is 11.9. The molecule has 0 aliphatic rings. The number of carbonyl (C=O) groups is 2. The van der Waals surface area contributed by atoms with E-state index >= 15 is 0 Å². The highest BCUT2D eigenvalue weighted by atomic mass is 32.1. The molecule has 7 nitrogen and oxygen atoms in total. The van der Waals surface area contributed by atoms with Gasteiger partial charge in [-0.3, -0.25) is 4.79 Å². The molecule has 0 radical (unpaired) electrons. The molecule has 1 amide bonds. The van der Waals surface area contributed by atoms with E-state index in [4.69, 9.17) is 5.11 Å². The number of hydrogen-bond acceptors (Lipinski definition) is 7. The first kappa shape index (κ1) is 14.5. The number of amides is 1. The van der Waals surface area contributed by atoms with Crippen molar-refractivity contribution in [3.05, 3.63) is 10.6 Å². The summed E-state index contributed by atoms with van der Waals surface area (Å²) in [7, 11) is 1.19. The summed E-state index contributed by atoms with van der Waals surface area (Å²) < 4.78 is 8.17. The van der Waals surface area contributed by atoms with Crippen LogP contribution in [0.5, 0.6) is 0 Å². The molecule has 8 heteroatoms. The van der Waals surface area contributed by atoms with E-state index in [2.05, 4.69) is 19.6 Å². The standard InChI is InChI=1S/C10H15N3O4S/c1-5(2)7-8(18-13-12-7)9(15)11-6(4-14)10(16)17-3/h5-6,14H,4H2,1-3H3,(H,11,15). The van der Waals surface area contributed by atoms with Crippen molar-refractivity contribution in [2.24, 2.45) is 0 Å². The highest BCUT2D eigenvalue weighted by Crippen LogP contribution is 2.19. The Bertz CT molecular complexity index is 433. The molecule has 0 aromatic carbocycles. The molecule has 1 atom stereocenters. The van der Waals surface area contributed by atoms with Crippen molar-refractivity contribution in [2.75, 3.05) is 13.7 Å². The molecular formula is C10H15N3O4S. The largest absolute Gasteiger partial charge is 0.467 e. The second-order valence-electron chi connectivity index (χ2n) is 3.87. The van der Waals surface area contributed by atoms with Crippen LogP contribution in [-0.4, -0.2) is 46.3 Å². The van der Waals surface area contributed by atoms with E-state index in [0.29, 0.717) is 10.6 Å². The normalized spacial score (nSPS) is 12.3. The summed E-state index contributed by atoms with van der Waals surface area (Å²) in [5.74, 6) is -1.14. The number of methoxy groups -OCH3 is 1. The highest BCUT2D eigenvalue weighted by Gasteiger charge is 2.25. The van der Waals surface area contributed by atoms with E-state index in [1.165, 1.54) is 7.11 Å². The van der Waals surface area contributed by atoms with Gasteiger partial charge in [0.2, 0.25) is 0 Å². The number of nitrogens with one attached hydrogen (secondary N) is 1. The van der Waals surface area contributed by atoms with Crippen LogP contribution in [0.15, 0.2) is 0 Å². The van der Waals surface area contributed by atoms with Crippen molar-refractivity contribution in [1.82, 2.24) is 14.9 Å². The lowest BCUT2D eigenvalue weighted by Crippen LogP contribution is -2.44. The molecule has 1 aromatic heterocycles. The van der Waals surface area contributed by atoms with E-state index < -0.39 is 24.5 Å². The second kappa shape index (κ2) is 6.41. The highest BCUT2D eigenvalue weighted by molar-refractivity contribution is 7.08. The maximum Gasteiger partial charge on any atom is 0.330 e. The number of esters is 1. The van der Waals surface area contributed by atoms with E-state index in [-0.39, 0.29) is 5.92 Å². The van der Waals surface area contributed by atoms with Gasteiger partial charge < -0.3 is 15.2 Å². The van der Waals surface area contributed by atoms with Crippen molar-refractivity contribution in [1.29, 1.82) is 0 Å². The van der Waals surface area contributed by atoms with Crippen LogP contribution >= 0.6 is 11.5 Å². The van der Waals surface area contributed by atoms with Gasteiger partial charge in [-0.25, -0.2) is 4.79 Å². The lowest BCUT2D eigenvalue weighted by molar-refractivity contribution is -0.143. The smallest absolute Gasteiger partial charge is 0.330 e. The van der Waals surface area contributed by atoms with Gasteiger partial charge in [-0.15, -0.1) is 5.10 Å². The monoisotopic (exact) mass is 273 g/mol. The Morgan fingerprint density at radius 3 is 2.67 bits per heavy atom. The van der Waals surface area contributed by atoms with Gasteiger partial charge in [0, 0.05) is 0 Å². The molecule has 0 aliphatic heterocycles. The van der Waals surface area contributed by atoms with Crippen LogP contribution in [0.25, 0.3) is 0 Å². The minimum atomic E-state index is -1.08. The molecule has 1 unspecified atom stereocenters. The molecule has 0 bridgehead atoms. The molecule has 0 saturated carbocycles. The second-order valence-corrected chi connectivity index (χ2v) is 4.63. The third-order valence-electron chi connectivity index (χ3n) is 2.24. The molecule has 1 heterocycles. The molecule has 1 rings (SSSR count). The van der Waals surface area contributed by atoms with Crippen molar-refractivity contribution in [3.8, 4) is 0 Å². The Morgan fingerprint density at radius 2 is 2.17 bits per heavy atom. The number of aliphatic hydroxyl groups excluding tert-OH is 1. The molecule has 2 N–H and O–H groups in total. The fraction of sp³-hybridized carbons (Fsp3) is 0.600. The number of hydrogen-bond donors (Lipinski definition) is 2. The summed E-state index contributed by atoms with van der Waals surface area (Å²) >= 11 is 0.951. The lowest BCUT2D eigenvalue weighted by atomic mass is 10.1. The molecule has 18 heavy (non-hydrogen) atoms. The van der Waals surface area contributed by atoms with Crippen LogP contribution in [0.2, 0.25) is 0 Å². The Balaban J connectivity index is 2.81. The zero-order chi connectivity index (χ0) is 13.7. The van der Waals surface area contributed by atoms with Crippen LogP contribution in [0.4, 0.5) is 0 Å². The number of aromatic nitrogens is 2. The summed E-state index contributed by atoms with van der Waals surface area (Å²) in [6, 6.07) is -1.08. The van der Waals surface area contributed by atoms with E-state index in [1.807, 2.05) is 13.8 Å². The third-order valence-corrected chi connectivity index (χ3v) is 2.98. The summed E-state index contributed by atoms with van der Waals surface area (Å²) in [6.45, 7) is 3.25. The van der Waals surface area contributed by atoms with Gasteiger partial charge in [0.1, 0.15) is 4.88 Å². The van der Waals surface area contributed by atoms with Crippen molar-refractivity contribution in [3.63, 3.8) is 0 Å². The number of nitrogens with zero attached hydrogens (tertiary/aromatic N) is 2. The number of ether oxygens (including phenoxy) is 1. The first-order valence-corrected chi connectivity index (χ1v) is 6.10. The van der Waals surface area contributed by atoms with Gasteiger partial charge in [-0.1, -0.05) is 18.3 Å². The summed E-state index contributed by atoms with van der Waals surface area (Å²) in [6.07, 6.45) is 0. The Morgan fingerprint density at radius 1 is 1.50 bits per heavy atom. The van der Waals surface area contributed by atoms with Gasteiger partial charge in [-0.2, -0.15) is 0 Å². The third kappa shape index (κ3) is 3.23. The first-order valence-electron chi connectivity index (χ1n) is 5.33. The van der Waals surface area contributed by atoms with Gasteiger partial charge in [0.05, 0.1) is 19.4 Å². The maximum absolute atomic E-state index is 11.9. The number of aliphatic hydroxyl groups is 1. The summed E-state index contributed by atoms with van der Waals surface area (Å²) in [5.41, 5.74) is 0.569. The number of rotatable bonds is 5. The van der Waals surface area contributed by atoms with Crippen LogP contribution in [0.1, 0.15) is 35.1 Å². The van der Waals surface area contributed by atoms with Crippen LogP contribution < -0.4 is 5.32 Å². The van der Waals surface area contributed by atoms with E-state index in [9.17, 15) is 9.59 Å². The SMILES string of the molecule is COC(=O)C(CO)NC(=O)c1snnc1C(C)C. The van der Waals surface area contributed by atoms with Crippen molar-refractivity contribution in [2.45, 2.75) is 25.8 Å². The molecular weight excluding hydrogens is 258 g/mol. The van der Waals surface area contributed by atoms with Crippen LogP contribution in [0, 0.1) is 0 Å². The van der Waals surface area contributed by atoms with Crippen LogP contribution in [-0.2, 0) is 9.53 Å². The minimum Gasteiger partial charge on any atom is -0.467 e. The summed E-state index contributed by atoms with van der Waals surface area (Å²) in [5, 5.41) is 15.3. The predicted molar refractivity (Wildman–Crippen MR) is 64.4 cm³/mol. The molecule has 0 aliphatic carbocycles. The Labute approximate surface area is 108 Å². The molecule has 0 fully saturated rings. The van der Waals surface area contributed by atoms with Crippen molar-refractivity contribution >= 4 is 23.4 Å². The number of carbonyl (C=O) groups excluding carboxylic acids is 2. The zero-order valence-corrected chi connectivity index (χ0v) is 11.2. The Hall–Kier alpha value is -1.54. The first-order chi connectivity index (χ1) is 8.51. The van der Waals surface area contributed by atoms with Gasteiger partial charge >= 0.3 is 5.97 Å². The topological polar surface area (TPSA) is 101 Å². The van der Waals surface area contributed by atoms with Gasteiger partial charge in [-0.05, 0) is 17.5 Å². The fourth-order valence-electron chi connectivity index (χ4n) is 1.28. The van der Waals surface area contributed by atoms with E-state index in [1.54, 1.807) is 0 Å². The molecule has 1 aromatic rings.